The van der Waals surface area contributed by atoms with Gasteiger partial charge in [0, 0.05) is 31.3 Å². The molecule has 3 heteroatoms. The van der Waals surface area contributed by atoms with Crippen LogP contribution in [0.15, 0.2) is 24.3 Å². The number of piperidine rings is 1. The molecule has 2 atom stereocenters. The van der Waals surface area contributed by atoms with Crippen molar-refractivity contribution in [1.29, 1.82) is 0 Å². The average Bonchev–Trinajstić information content (AvgIpc) is 2.35. The maximum Gasteiger partial charge on any atom is 0.127 e. The van der Waals surface area contributed by atoms with Crippen molar-refractivity contribution in [3.05, 3.63) is 35.6 Å². The molecular weight excluding hydrogens is 217 g/mol. The quantitative estimate of drug-likeness (QED) is 0.872. The van der Waals surface area contributed by atoms with Crippen LogP contribution in [0.2, 0.25) is 0 Å². The molecule has 1 N–H and O–H groups in total. The van der Waals surface area contributed by atoms with Gasteiger partial charge in [0.05, 0.1) is 0 Å². The van der Waals surface area contributed by atoms with Gasteiger partial charge >= 0.3 is 0 Å². The fourth-order valence-corrected chi connectivity index (χ4v) is 2.48. The van der Waals surface area contributed by atoms with Crippen LogP contribution in [-0.4, -0.2) is 29.2 Å². The second kappa shape index (κ2) is 5.61. The Labute approximate surface area is 102 Å². The highest BCUT2D eigenvalue weighted by molar-refractivity contribution is 5.17. The Morgan fingerprint density at radius 3 is 2.82 bits per heavy atom. The monoisotopic (exact) mass is 237 g/mol. The highest BCUT2D eigenvalue weighted by atomic mass is 19.1. The van der Waals surface area contributed by atoms with Crippen molar-refractivity contribution < 1.29 is 9.50 Å². The van der Waals surface area contributed by atoms with Gasteiger partial charge in [-0.15, -0.1) is 0 Å². The van der Waals surface area contributed by atoms with E-state index in [4.69, 9.17) is 0 Å². The number of hydrogen-bond donors (Lipinski definition) is 1. The number of aliphatic hydroxyl groups excluding tert-OH is 1. The lowest BCUT2D eigenvalue weighted by Crippen LogP contribution is -2.42. The zero-order valence-corrected chi connectivity index (χ0v) is 10.3. The zero-order valence-electron chi connectivity index (χ0n) is 10.3. The van der Waals surface area contributed by atoms with Gasteiger partial charge in [-0.25, -0.2) is 4.39 Å². The smallest absolute Gasteiger partial charge is 0.127 e. The van der Waals surface area contributed by atoms with Gasteiger partial charge in [0.1, 0.15) is 5.82 Å². The zero-order chi connectivity index (χ0) is 12.3. The summed E-state index contributed by atoms with van der Waals surface area (Å²) in [6.45, 7) is 3.92. The molecule has 1 aliphatic heterocycles. The van der Waals surface area contributed by atoms with E-state index in [9.17, 15) is 9.50 Å². The number of hydrogen-bond acceptors (Lipinski definition) is 2. The van der Waals surface area contributed by atoms with Gasteiger partial charge in [-0.05, 0) is 31.7 Å². The fraction of sp³-hybridized carbons (Fsp3) is 0.571. The van der Waals surface area contributed by atoms with Gasteiger partial charge in [-0.2, -0.15) is 0 Å². The first kappa shape index (κ1) is 12.5. The van der Waals surface area contributed by atoms with Crippen molar-refractivity contribution in [2.45, 2.75) is 32.4 Å². The molecular formula is C14H20FNO. The minimum absolute atomic E-state index is 0.133. The molecule has 1 aliphatic rings. The molecule has 2 unspecified atom stereocenters. The van der Waals surface area contributed by atoms with Crippen LogP contribution in [0.5, 0.6) is 0 Å². The van der Waals surface area contributed by atoms with Crippen LogP contribution in [0.4, 0.5) is 4.39 Å². The third kappa shape index (κ3) is 3.05. The first-order chi connectivity index (χ1) is 8.20. The SMILES string of the molecule is CC1CCC(CO)CN1Cc1ccccc1F. The summed E-state index contributed by atoms with van der Waals surface area (Å²) < 4.78 is 13.6. The Bertz CT molecular complexity index is 369. The van der Waals surface area contributed by atoms with E-state index in [0.29, 0.717) is 18.5 Å². The Kier molecular flexibility index (Phi) is 4.13. The predicted octanol–water partition coefficient (Wildman–Crippen LogP) is 2.42. The van der Waals surface area contributed by atoms with E-state index in [-0.39, 0.29) is 12.4 Å². The molecule has 17 heavy (non-hydrogen) atoms. The van der Waals surface area contributed by atoms with E-state index in [1.54, 1.807) is 6.07 Å². The van der Waals surface area contributed by atoms with Crippen LogP contribution < -0.4 is 0 Å². The Morgan fingerprint density at radius 1 is 1.35 bits per heavy atom. The molecule has 0 spiro atoms. The fourth-order valence-electron chi connectivity index (χ4n) is 2.48. The van der Waals surface area contributed by atoms with Crippen molar-refractivity contribution in [2.75, 3.05) is 13.2 Å². The third-order valence-corrected chi connectivity index (χ3v) is 3.70. The highest BCUT2D eigenvalue weighted by Crippen LogP contribution is 2.23. The standard InChI is InChI=1S/C14H20FNO/c1-11-6-7-12(10-17)8-16(11)9-13-4-2-3-5-14(13)15/h2-5,11-12,17H,6-10H2,1H3. The molecule has 1 fully saturated rings. The number of likely N-dealkylation sites (tertiary alicyclic amines) is 1. The van der Waals surface area contributed by atoms with Gasteiger partial charge in [-0.1, -0.05) is 18.2 Å². The number of rotatable bonds is 3. The second-order valence-corrected chi connectivity index (χ2v) is 5.00. The predicted molar refractivity (Wildman–Crippen MR) is 66.1 cm³/mol. The normalized spacial score (nSPS) is 26.1. The molecule has 2 rings (SSSR count). The molecule has 2 nitrogen and oxygen atoms in total. The average molecular weight is 237 g/mol. The molecule has 1 saturated heterocycles. The molecule has 0 aliphatic carbocycles. The molecule has 0 amide bonds. The summed E-state index contributed by atoms with van der Waals surface area (Å²) in [4.78, 5) is 2.27. The molecule has 1 heterocycles. The number of benzene rings is 1. The van der Waals surface area contributed by atoms with Gasteiger partial charge in [0.2, 0.25) is 0 Å². The van der Waals surface area contributed by atoms with Crippen LogP contribution in [0.1, 0.15) is 25.3 Å². The second-order valence-electron chi connectivity index (χ2n) is 5.00. The number of halogens is 1. The van der Waals surface area contributed by atoms with Gasteiger partial charge < -0.3 is 5.11 Å². The van der Waals surface area contributed by atoms with Crippen molar-refractivity contribution in [1.82, 2.24) is 4.90 Å². The van der Waals surface area contributed by atoms with Crippen LogP contribution >= 0.6 is 0 Å². The topological polar surface area (TPSA) is 23.5 Å². The van der Waals surface area contributed by atoms with E-state index in [1.165, 1.54) is 6.07 Å². The van der Waals surface area contributed by atoms with Gasteiger partial charge in [0.25, 0.3) is 0 Å². The van der Waals surface area contributed by atoms with Gasteiger partial charge in [-0.3, -0.25) is 4.90 Å². The maximum absolute atomic E-state index is 13.6. The summed E-state index contributed by atoms with van der Waals surface area (Å²) in [6.07, 6.45) is 2.16. The largest absolute Gasteiger partial charge is 0.396 e. The molecule has 0 aromatic heterocycles. The highest BCUT2D eigenvalue weighted by Gasteiger charge is 2.25. The Hall–Kier alpha value is -0.930. The van der Waals surface area contributed by atoms with Crippen molar-refractivity contribution in [2.24, 2.45) is 5.92 Å². The molecule has 0 bridgehead atoms. The van der Waals surface area contributed by atoms with Crippen molar-refractivity contribution in [3.63, 3.8) is 0 Å². The van der Waals surface area contributed by atoms with Crippen LogP contribution in [0.25, 0.3) is 0 Å². The summed E-state index contributed by atoms with van der Waals surface area (Å²) >= 11 is 0. The minimum Gasteiger partial charge on any atom is -0.396 e. The van der Waals surface area contributed by atoms with Crippen molar-refractivity contribution in [3.8, 4) is 0 Å². The molecule has 0 radical (unpaired) electrons. The number of nitrogens with zero attached hydrogens (tertiary/aromatic N) is 1. The minimum atomic E-state index is -0.133. The van der Waals surface area contributed by atoms with E-state index >= 15 is 0 Å². The maximum atomic E-state index is 13.6. The van der Waals surface area contributed by atoms with E-state index in [1.807, 2.05) is 12.1 Å². The summed E-state index contributed by atoms with van der Waals surface area (Å²) in [6, 6.07) is 7.40. The summed E-state index contributed by atoms with van der Waals surface area (Å²) in [7, 11) is 0. The molecule has 1 aromatic carbocycles. The molecule has 0 saturated carbocycles. The van der Waals surface area contributed by atoms with Crippen molar-refractivity contribution >= 4 is 0 Å². The summed E-state index contributed by atoms with van der Waals surface area (Å²) in [5, 5.41) is 9.21. The van der Waals surface area contributed by atoms with Gasteiger partial charge in [0.15, 0.2) is 0 Å². The Morgan fingerprint density at radius 2 is 2.12 bits per heavy atom. The van der Waals surface area contributed by atoms with Crippen LogP contribution in [0, 0.1) is 11.7 Å². The summed E-state index contributed by atoms with van der Waals surface area (Å²) in [5.74, 6) is 0.212. The first-order valence-corrected chi connectivity index (χ1v) is 6.29. The van der Waals surface area contributed by atoms with E-state index < -0.39 is 0 Å². The number of aliphatic hydroxyl groups is 1. The lowest BCUT2D eigenvalue weighted by Gasteiger charge is -2.37. The van der Waals surface area contributed by atoms with Crippen LogP contribution in [-0.2, 0) is 6.54 Å². The van der Waals surface area contributed by atoms with Crippen LogP contribution in [0.3, 0.4) is 0 Å². The lowest BCUT2D eigenvalue weighted by molar-refractivity contribution is 0.0763. The molecule has 1 aromatic rings. The molecule has 94 valence electrons. The Balaban J connectivity index is 2.04. The summed E-state index contributed by atoms with van der Waals surface area (Å²) in [5.41, 5.74) is 0.748. The third-order valence-electron chi connectivity index (χ3n) is 3.70. The first-order valence-electron chi connectivity index (χ1n) is 6.29. The lowest BCUT2D eigenvalue weighted by atomic mass is 9.93. The van der Waals surface area contributed by atoms with E-state index in [0.717, 1.165) is 24.9 Å². The van der Waals surface area contributed by atoms with E-state index in [2.05, 4.69) is 11.8 Å².